The quantitative estimate of drug-likeness (QED) is 0.935. The minimum Gasteiger partial charge on any atom is -0.347 e. The lowest BCUT2D eigenvalue weighted by atomic mass is 10.2. The molecule has 0 radical (unpaired) electrons. The highest BCUT2D eigenvalue weighted by Gasteiger charge is 2.23. The number of thiazole rings is 1. The zero-order valence-corrected chi connectivity index (χ0v) is 13.2. The maximum Gasteiger partial charge on any atom is 0.282 e. The summed E-state index contributed by atoms with van der Waals surface area (Å²) >= 11 is 1.18. The molecule has 5 nitrogen and oxygen atoms in total. The minimum absolute atomic E-state index is 0.106. The van der Waals surface area contributed by atoms with Crippen molar-refractivity contribution in [1.82, 2.24) is 15.2 Å². The molecule has 0 unspecified atom stereocenters. The fourth-order valence-corrected chi connectivity index (χ4v) is 3.17. The van der Waals surface area contributed by atoms with Crippen LogP contribution in [0.2, 0.25) is 0 Å². The first-order valence-electron chi connectivity index (χ1n) is 7.41. The fourth-order valence-electron chi connectivity index (χ4n) is 2.41. The Bertz CT molecular complexity index is 708. The molecule has 0 saturated carbocycles. The molecule has 0 atom stereocenters. The van der Waals surface area contributed by atoms with E-state index >= 15 is 0 Å². The molecule has 1 N–H and O–H groups in total. The van der Waals surface area contributed by atoms with Crippen LogP contribution in [-0.2, 0) is 6.54 Å². The zero-order chi connectivity index (χ0) is 16.2. The molecule has 1 aromatic heterocycles. The Morgan fingerprint density at radius 3 is 2.61 bits per heavy atom. The topological polar surface area (TPSA) is 62.3 Å². The van der Waals surface area contributed by atoms with Gasteiger partial charge in [0, 0.05) is 25.0 Å². The molecule has 2 heterocycles. The van der Waals surface area contributed by atoms with E-state index < -0.39 is 0 Å². The van der Waals surface area contributed by atoms with Gasteiger partial charge in [0.05, 0.1) is 0 Å². The number of amides is 2. The van der Waals surface area contributed by atoms with Crippen LogP contribution < -0.4 is 5.32 Å². The maximum absolute atomic E-state index is 12.8. The van der Waals surface area contributed by atoms with Gasteiger partial charge in [-0.25, -0.2) is 9.37 Å². The monoisotopic (exact) mass is 333 g/mol. The molecule has 1 aromatic carbocycles. The lowest BCUT2D eigenvalue weighted by Crippen LogP contribution is -2.28. The van der Waals surface area contributed by atoms with Gasteiger partial charge < -0.3 is 10.2 Å². The molecule has 0 aliphatic carbocycles. The second-order valence-corrected chi connectivity index (χ2v) is 6.20. The molecule has 3 rings (SSSR count). The van der Waals surface area contributed by atoms with Gasteiger partial charge in [0.15, 0.2) is 5.01 Å². The van der Waals surface area contributed by atoms with E-state index in [0.717, 1.165) is 31.5 Å². The van der Waals surface area contributed by atoms with Crippen LogP contribution in [0.25, 0.3) is 0 Å². The van der Waals surface area contributed by atoms with Crippen LogP contribution in [-0.4, -0.2) is 34.8 Å². The van der Waals surface area contributed by atoms with Crippen molar-refractivity contribution in [3.05, 3.63) is 51.7 Å². The van der Waals surface area contributed by atoms with E-state index in [-0.39, 0.29) is 29.9 Å². The van der Waals surface area contributed by atoms with E-state index in [9.17, 15) is 14.0 Å². The molecule has 2 aromatic rings. The predicted octanol–water partition coefficient (Wildman–Crippen LogP) is 2.45. The van der Waals surface area contributed by atoms with Gasteiger partial charge in [-0.1, -0.05) is 12.1 Å². The average Bonchev–Trinajstić information content (AvgIpc) is 3.25. The molecule has 120 valence electrons. The largest absolute Gasteiger partial charge is 0.347 e. The number of nitrogens with one attached hydrogen (secondary N) is 1. The fraction of sp³-hybridized carbons (Fsp3) is 0.312. The lowest BCUT2D eigenvalue weighted by molar-refractivity contribution is 0.0792. The third-order valence-corrected chi connectivity index (χ3v) is 4.51. The van der Waals surface area contributed by atoms with Gasteiger partial charge >= 0.3 is 0 Å². The van der Waals surface area contributed by atoms with E-state index in [1.807, 2.05) is 0 Å². The van der Waals surface area contributed by atoms with E-state index in [2.05, 4.69) is 10.3 Å². The molecule has 0 bridgehead atoms. The molecular formula is C16H16FN3O2S. The molecule has 1 saturated heterocycles. The van der Waals surface area contributed by atoms with Crippen molar-refractivity contribution in [3.8, 4) is 0 Å². The second-order valence-electron chi connectivity index (χ2n) is 5.35. The van der Waals surface area contributed by atoms with Crippen molar-refractivity contribution in [2.75, 3.05) is 13.1 Å². The Balaban J connectivity index is 1.59. The summed E-state index contributed by atoms with van der Waals surface area (Å²) in [5.41, 5.74) is 1.03. The third kappa shape index (κ3) is 3.73. The van der Waals surface area contributed by atoms with E-state index in [1.54, 1.807) is 22.4 Å². The van der Waals surface area contributed by atoms with Gasteiger partial charge in [-0.05, 0) is 30.5 Å². The van der Waals surface area contributed by atoms with Crippen LogP contribution >= 0.6 is 11.3 Å². The van der Waals surface area contributed by atoms with Gasteiger partial charge in [-0.2, -0.15) is 0 Å². The molecule has 0 spiro atoms. The van der Waals surface area contributed by atoms with Crippen molar-refractivity contribution in [1.29, 1.82) is 0 Å². The highest BCUT2D eigenvalue weighted by Crippen LogP contribution is 2.16. The van der Waals surface area contributed by atoms with Gasteiger partial charge in [0.25, 0.3) is 11.8 Å². The highest BCUT2D eigenvalue weighted by molar-refractivity contribution is 7.11. The number of carbonyl (C=O) groups excluding carboxylic acids is 2. The number of nitrogens with zero attached hydrogens (tertiary/aromatic N) is 2. The summed E-state index contributed by atoms with van der Waals surface area (Å²) < 4.78 is 12.8. The number of likely N-dealkylation sites (tertiary alicyclic amines) is 1. The summed E-state index contributed by atoms with van der Waals surface area (Å²) in [6.45, 7) is 1.79. The Kier molecular flexibility index (Phi) is 4.66. The van der Waals surface area contributed by atoms with E-state index in [0.29, 0.717) is 5.01 Å². The van der Waals surface area contributed by atoms with Gasteiger partial charge in [0.2, 0.25) is 0 Å². The molecule has 1 aliphatic heterocycles. The van der Waals surface area contributed by atoms with Crippen LogP contribution in [0.5, 0.6) is 0 Å². The molecule has 7 heteroatoms. The number of hydrogen-bond acceptors (Lipinski definition) is 4. The normalized spacial score (nSPS) is 14.0. The summed E-state index contributed by atoms with van der Waals surface area (Å²) in [6, 6.07) is 5.91. The van der Waals surface area contributed by atoms with Crippen molar-refractivity contribution in [2.24, 2.45) is 0 Å². The zero-order valence-electron chi connectivity index (χ0n) is 12.4. The van der Waals surface area contributed by atoms with Gasteiger partial charge in [-0.15, -0.1) is 11.3 Å². The summed E-state index contributed by atoms with van der Waals surface area (Å²) in [6.07, 6.45) is 2.03. The smallest absolute Gasteiger partial charge is 0.282 e. The van der Waals surface area contributed by atoms with Crippen LogP contribution in [0.3, 0.4) is 0 Å². The van der Waals surface area contributed by atoms with Crippen molar-refractivity contribution >= 4 is 23.2 Å². The summed E-state index contributed by atoms with van der Waals surface area (Å²) in [4.78, 5) is 30.2. The first kappa shape index (κ1) is 15.6. The predicted molar refractivity (Wildman–Crippen MR) is 84.8 cm³/mol. The van der Waals surface area contributed by atoms with E-state index in [1.165, 1.54) is 23.5 Å². The van der Waals surface area contributed by atoms with Gasteiger partial charge in [-0.3, -0.25) is 9.59 Å². The number of hydrogen-bond donors (Lipinski definition) is 1. The summed E-state index contributed by atoms with van der Waals surface area (Å²) in [7, 11) is 0. The molecule has 23 heavy (non-hydrogen) atoms. The van der Waals surface area contributed by atoms with Crippen molar-refractivity contribution in [3.63, 3.8) is 0 Å². The molecule has 2 amide bonds. The van der Waals surface area contributed by atoms with Crippen molar-refractivity contribution < 1.29 is 14.0 Å². The van der Waals surface area contributed by atoms with Crippen LogP contribution in [0.4, 0.5) is 4.39 Å². The summed E-state index contributed by atoms with van der Waals surface area (Å²) in [5.74, 6) is -0.763. The SMILES string of the molecule is O=C(NCc1ccc(F)cc1)c1csc(C(=O)N2CCCC2)n1. The number of halogens is 1. The van der Waals surface area contributed by atoms with E-state index in [4.69, 9.17) is 0 Å². The standard InChI is InChI=1S/C16H16FN3O2S/c17-12-5-3-11(4-6-12)9-18-14(21)13-10-23-15(19-13)16(22)20-7-1-2-8-20/h3-6,10H,1-2,7-9H2,(H,18,21). The minimum atomic E-state index is -0.342. The number of carbonyl (C=O) groups is 2. The Labute approximate surface area is 137 Å². The summed E-state index contributed by atoms with van der Waals surface area (Å²) in [5, 5.41) is 4.65. The third-order valence-electron chi connectivity index (χ3n) is 3.68. The Morgan fingerprint density at radius 1 is 1.22 bits per heavy atom. The molecular weight excluding hydrogens is 317 g/mol. The number of rotatable bonds is 4. The lowest BCUT2D eigenvalue weighted by Gasteiger charge is -2.12. The first-order valence-corrected chi connectivity index (χ1v) is 8.29. The van der Waals surface area contributed by atoms with Crippen LogP contribution in [0.15, 0.2) is 29.6 Å². The van der Waals surface area contributed by atoms with Crippen LogP contribution in [0.1, 0.15) is 38.7 Å². The number of aromatic nitrogens is 1. The maximum atomic E-state index is 12.8. The molecule has 1 fully saturated rings. The highest BCUT2D eigenvalue weighted by atomic mass is 32.1. The van der Waals surface area contributed by atoms with Crippen molar-refractivity contribution in [2.45, 2.75) is 19.4 Å². The molecule has 1 aliphatic rings. The van der Waals surface area contributed by atoms with Gasteiger partial charge in [0.1, 0.15) is 11.5 Å². The second kappa shape index (κ2) is 6.87. The average molecular weight is 333 g/mol. The Morgan fingerprint density at radius 2 is 1.91 bits per heavy atom. The Hall–Kier alpha value is -2.28. The first-order chi connectivity index (χ1) is 11.1. The number of benzene rings is 1. The van der Waals surface area contributed by atoms with Crippen LogP contribution in [0, 0.1) is 5.82 Å².